The second kappa shape index (κ2) is 18.1. The molecule has 0 radical (unpaired) electrons. The lowest BCUT2D eigenvalue weighted by Crippen LogP contribution is -2.56. The predicted molar refractivity (Wildman–Crippen MR) is 163 cm³/mol. The second-order valence-electron chi connectivity index (χ2n) is 9.92. The molecule has 15 heteroatoms. The van der Waals surface area contributed by atoms with E-state index in [9.17, 15) is 39.0 Å². The Labute approximate surface area is 258 Å². The Kier molecular flexibility index (Phi) is 14.7. The number of carbonyl (C=O) groups is 6. The van der Waals surface area contributed by atoms with E-state index in [1.165, 1.54) is 23.9 Å². The third-order valence-electron chi connectivity index (χ3n) is 6.36. The molecule has 2 rings (SSSR count). The molecule has 0 bridgehead atoms. The molecular weight excluding hydrogens is 592 g/mol. The Morgan fingerprint density at radius 2 is 1.36 bits per heavy atom. The van der Waals surface area contributed by atoms with Gasteiger partial charge in [0, 0.05) is 12.8 Å². The standard InChI is InChI=1S/C29H38N6O8S/c1-44-12-11-20(30)26(39)34-21(14-18-7-9-19(36)10-8-18)27(40)32-16-25(38)33-22(13-17-5-3-2-4-6-17)28(41)35-23(29(42)43)15-24(31)37/h2-10,20-23,36H,11-16,30H2,1H3,(H2,31,37)(H,32,40)(H,33,38)(H,34,39)(H,35,41)(H,42,43)/t20-,21-,22-,23-/m0/s1. The van der Waals surface area contributed by atoms with Crippen LogP contribution in [0.25, 0.3) is 0 Å². The van der Waals surface area contributed by atoms with Gasteiger partial charge in [-0.15, -0.1) is 0 Å². The van der Waals surface area contributed by atoms with E-state index in [0.29, 0.717) is 23.3 Å². The van der Waals surface area contributed by atoms with E-state index in [1.807, 2.05) is 6.26 Å². The van der Waals surface area contributed by atoms with Crippen molar-refractivity contribution >= 4 is 47.3 Å². The maximum absolute atomic E-state index is 13.1. The highest BCUT2D eigenvalue weighted by molar-refractivity contribution is 7.98. The van der Waals surface area contributed by atoms with Gasteiger partial charge in [-0.2, -0.15) is 11.8 Å². The number of phenols is 1. The van der Waals surface area contributed by atoms with Crippen LogP contribution >= 0.6 is 11.8 Å². The molecule has 2 aromatic rings. The van der Waals surface area contributed by atoms with E-state index >= 15 is 0 Å². The molecule has 4 atom stereocenters. The molecule has 2 aromatic carbocycles. The summed E-state index contributed by atoms with van der Waals surface area (Å²) in [6.07, 6.45) is 1.61. The van der Waals surface area contributed by atoms with E-state index in [0.717, 1.165) is 0 Å². The number of amides is 5. The van der Waals surface area contributed by atoms with Gasteiger partial charge in [0.2, 0.25) is 29.5 Å². The van der Waals surface area contributed by atoms with Gasteiger partial charge in [-0.1, -0.05) is 42.5 Å². The van der Waals surface area contributed by atoms with Gasteiger partial charge < -0.3 is 42.9 Å². The largest absolute Gasteiger partial charge is 0.508 e. The van der Waals surface area contributed by atoms with Crippen molar-refractivity contribution in [3.05, 3.63) is 65.7 Å². The van der Waals surface area contributed by atoms with Crippen molar-refractivity contribution in [3.63, 3.8) is 0 Å². The zero-order valence-electron chi connectivity index (χ0n) is 24.2. The minimum absolute atomic E-state index is 0.0212. The number of carboxylic acids is 1. The van der Waals surface area contributed by atoms with Crippen LogP contribution in [0.5, 0.6) is 5.75 Å². The van der Waals surface area contributed by atoms with Crippen molar-refractivity contribution in [2.75, 3.05) is 18.6 Å². The number of aliphatic carboxylic acids is 1. The SMILES string of the molecule is CSCC[C@H](N)C(=O)N[C@@H](Cc1ccc(O)cc1)C(=O)NCC(=O)N[C@@H](Cc1ccccc1)C(=O)N[C@@H](CC(N)=O)C(=O)O. The molecule has 238 valence electrons. The first-order valence-corrected chi connectivity index (χ1v) is 15.0. The molecule has 14 nitrogen and oxygen atoms in total. The number of benzene rings is 2. The number of primary amides is 1. The third kappa shape index (κ3) is 12.7. The number of nitrogens with two attached hydrogens (primary N) is 2. The normalized spacial score (nSPS) is 13.4. The zero-order valence-corrected chi connectivity index (χ0v) is 25.0. The molecule has 5 amide bonds. The molecule has 0 spiro atoms. The molecule has 44 heavy (non-hydrogen) atoms. The molecule has 0 saturated heterocycles. The Balaban J connectivity index is 2.13. The highest BCUT2D eigenvalue weighted by atomic mass is 32.2. The minimum atomic E-state index is -1.61. The van der Waals surface area contributed by atoms with E-state index in [1.54, 1.807) is 42.5 Å². The Morgan fingerprint density at radius 3 is 1.93 bits per heavy atom. The summed E-state index contributed by atoms with van der Waals surface area (Å²) in [6, 6.07) is 9.76. The maximum atomic E-state index is 13.1. The molecule has 10 N–H and O–H groups in total. The molecule has 0 aliphatic heterocycles. The van der Waals surface area contributed by atoms with Gasteiger partial charge in [-0.25, -0.2) is 4.79 Å². The number of carboxylic acid groups (broad SMARTS) is 1. The summed E-state index contributed by atoms with van der Waals surface area (Å²) in [4.78, 5) is 74.5. The average Bonchev–Trinajstić information content (AvgIpc) is 2.98. The lowest BCUT2D eigenvalue weighted by molar-refractivity contribution is -0.143. The van der Waals surface area contributed by atoms with Crippen LogP contribution in [0.2, 0.25) is 0 Å². The molecule has 0 heterocycles. The van der Waals surface area contributed by atoms with Gasteiger partial charge in [0.1, 0.15) is 23.9 Å². The maximum Gasteiger partial charge on any atom is 0.326 e. The van der Waals surface area contributed by atoms with Crippen LogP contribution in [0.1, 0.15) is 24.0 Å². The summed E-state index contributed by atoms with van der Waals surface area (Å²) >= 11 is 1.52. The van der Waals surface area contributed by atoms with Gasteiger partial charge in [-0.3, -0.25) is 24.0 Å². The minimum Gasteiger partial charge on any atom is -0.508 e. The lowest BCUT2D eigenvalue weighted by Gasteiger charge is -2.23. The zero-order chi connectivity index (χ0) is 32.6. The highest BCUT2D eigenvalue weighted by Gasteiger charge is 2.29. The summed E-state index contributed by atoms with van der Waals surface area (Å²) < 4.78 is 0. The first-order valence-electron chi connectivity index (χ1n) is 13.6. The fourth-order valence-corrected chi connectivity index (χ4v) is 4.49. The summed E-state index contributed by atoms with van der Waals surface area (Å²) in [7, 11) is 0. The fraction of sp³-hybridized carbons (Fsp3) is 0.379. The molecule has 0 saturated carbocycles. The molecular formula is C29H38N6O8S. The number of aromatic hydroxyl groups is 1. The van der Waals surface area contributed by atoms with Gasteiger partial charge in [-0.05, 0) is 41.7 Å². The van der Waals surface area contributed by atoms with Gasteiger partial charge >= 0.3 is 5.97 Å². The molecule has 0 aliphatic carbocycles. The van der Waals surface area contributed by atoms with Crippen LogP contribution in [0.15, 0.2) is 54.6 Å². The average molecular weight is 631 g/mol. The van der Waals surface area contributed by atoms with Crippen molar-refractivity contribution in [1.82, 2.24) is 21.3 Å². The summed E-state index contributed by atoms with van der Waals surface area (Å²) in [6.45, 7) is -0.582. The van der Waals surface area contributed by atoms with Crippen molar-refractivity contribution < 1.29 is 39.0 Å². The summed E-state index contributed by atoms with van der Waals surface area (Å²) in [5, 5.41) is 28.7. The van der Waals surface area contributed by atoms with Crippen molar-refractivity contribution in [2.45, 2.75) is 49.9 Å². The van der Waals surface area contributed by atoms with E-state index < -0.39 is 72.6 Å². The number of thioether (sulfide) groups is 1. The second-order valence-corrected chi connectivity index (χ2v) is 10.9. The number of carbonyl (C=O) groups excluding carboxylic acids is 5. The van der Waals surface area contributed by atoms with Crippen LogP contribution in [0.3, 0.4) is 0 Å². The molecule has 0 fully saturated rings. The first-order chi connectivity index (χ1) is 20.9. The van der Waals surface area contributed by atoms with E-state index in [2.05, 4.69) is 21.3 Å². The molecule has 0 aliphatic rings. The predicted octanol–water partition coefficient (Wildman–Crippen LogP) is -1.21. The Bertz CT molecular complexity index is 1290. The fourth-order valence-electron chi connectivity index (χ4n) is 4.00. The van der Waals surface area contributed by atoms with Crippen molar-refractivity contribution in [1.29, 1.82) is 0 Å². The third-order valence-corrected chi connectivity index (χ3v) is 7.00. The van der Waals surface area contributed by atoms with Crippen molar-refractivity contribution in [3.8, 4) is 5.75 Å². The van der Waals surface area contributed by atoms with Gasteiger partial charge in [0.15, 0.2) is 0 Å². The first kappa shape index (κ1) is 35.6. The van der Waals surface area contributed by atoms with Gasteiger partial charge in [0.25, 0.3) is 0 Å². The summed E-state index contributed by atoms with van der Waals surface area (Å²) in [5.74, 6) is -4.67. The quantitative estimate of drug-likeness (QED) is 0.0977. The van der Waals surface area contributed by atoms with Crippen LogP contribution in [0, 0.1) is 0 Å². The monoisotopic (exact) mass is 630 g/mol. The van der Waals surface area contributed by atoms with Crippen LogP contribution in [-0.2, 0) is 41.6 Å². The van der Waals surface area contributed by atoms with Crippen LogP contribution in [-0.4, -0.2) is 88.4 Å². The number of phenolic OH excluding ortho intramolecular Hbond substituents is 1. The lowest BCUT2D eigenvalue weighted by atomic mass is 10.0. The van der Waals surface area contributed by atoms with Crippen molar-refractivity contribution in [2.24, 2.45) is 11.5 Å². The van der Waals surface area contributed by atoms with Crippen LogP contribution in [0.4, 0.5) is 0 Å². The smallest absolute Gasteiger partial charge is 0.326 e. The highest BCUT2D eigenvalue weighted by Crippen LogP contribution is 2.12. The Morgan fingerprint density at radius 1 is 0.795 bits per heavy atom. The summed E-state index contributed by atoms with van der Waals surface area (Å²) in [5.41, 5.74) is 12.3. The number of rotatable bonds is 18. The van der Waals surface area contributed by atoms with Crippen LogP contribution < -0.4 is 32.7 Å². The van der Waals surface area contributed by atoms with E-state index in [-0.39, 0.29) is 18.6 Å². The number of hydrogen-bond donors (Lipinski definition) is 8. The Hall–Kier alpha value is -4.63. The van der Waals surface area contributed by atoms with Gasteiger partial charge in [0.05, 0.1) is 19.0 Å². The molecule has 0 unspecified atom stereocenters. The number of hydrogen-bond acceptors (Lipinski definition) is 9. The molecule has 0 aromatic heterocycles. The topological polar surface area (TPSA) is 243 Å². The van der Waals surface area contributed by atoms with E-state index in [4.69, 9.17) is 11.5 Å². The number of nitrogens with one attached hydrogen (secondary N) is 4.